The highest BCUT2D eigenvalue weighted by atomic mass is 16.5. The third-order valence-electron chi connectivity index (χ3n) is 3.81. The van der Waals surface area contributed by atoms with E-state index in [0.29, 0.717) is 5.56 Å². The van der Waals surface area contributed by atoms with Crippen LogP contribution in [0.3, 0.4) is 0 Å². The molecular weight excluding hydrogens is 314 g/mol. The van der Waals surface area contributed by atoms with Gasteiger partial charge in [-0.1, -0.05) is 18.2 Å². The van der Waals surface area contributed by atoms with Gasteiger partial charge < -0.3 is 15.0 Å². The minimum absolute atomic E-state index is 0.114. The Morgan fingerprint density at radius 1 is 1.00 bits per heavy atom. The molecule has 3 aromatic rings. The first-order valence-corrected chi connectivity index (χ1v) is 7.86. The molecule has 0 aliphatic rings. The van der Waals surface area contributed by atoms with Crippen LogP contribution < -0.4 is 15.0 Å². The molecule has 126 valence electrons. The summed E-state index contributed by atoms with van der Waals surface area (Å²) >= 11 is 0. The number of pyridine rings is 1. The smallest absolute Gasteiger partial charge is 0.259 e. The molecule has 0 saturated heterocycles. The van der Waals surface area contributed by atoms with Crippen LogP contribution in [0.15, 0.2) is 73.1 Å². The highest BCUT2D eigenvalue weighted by molar-refractivity contribution is 6.06. The number of methoxy groups -OCH3 is 1. The van der Waals surface area contributed by atoms with E-state index in [0.717, 1.165) is 22.8 Å². The molecule has 0 unspecified atom stereocenters. The van der Waals surface area contributed by atoms with Crippen LogP contribution in [0.2, 0.25) is 0 Å². The molecule has 1 aromatic heterocycles. The highest BCUT2D eigenvalue weighted by Gasteiger charge is 2.14. The maximum Gasteiger partial charge on any atom is 0.259 e. The summed E-state index contributed by atoms with van der Waals surface area (Å²) < 4.78 is 5.15. The van der Waals surface area contributed by atoms with Crippen molar-refractivity contribution >= 4 is 23.0 Å². The molecule has 0 aliphatic heterocycles. The number of carbonyl (C=O) groups excluding carboxylic acids is 1. The van der Waals surface area contributed by atoms with Crippen LogP contribution in [0.25, 0.3) is 0 Å². The fourth-order valence-corrected chi connectivity index (χ4v) is 2.43. The van der Waals surface area contributed by atoms with Crippen molar-refractivity contribution in [2.75, 3.05) is 24.4 Å². The van der Waals surface area contributed by atoms with Crippen molar-refractivity contribution in [3.05, 3.63) is 78.6 Å². The number of aromatic nitrogens is 1. The van der Waals surface area contributed by atoms with E-state index in [1.54, 1.807) is 37.5 Å². The van der Waals surface area contributed by atoms with Crippen LogP contribution in [0.1, 0.15) is 10.4 Å². The predicted octanol–water partition coefficient (Wildman–Crippen LogP) is 4.11. The van der Waals surface area contributed by atoms with E-state index in [9.17, 15) is 4.79 Å². The Bertz CT molecular complexity index is 848. The molecule has 5 nitrogen and oxygen atoms in total. The summed E-state index contributed by atoms with van der Waals surface area (Å²) in [4.78, 5) is 18.5. The van der Waals surface area contributed by atoms with E-state index >= 15 is 0 Å². The number of benzene rings is 2. The number of nitrogens with one attached hydrogen (secondary N) is 1. The topological polar surface area (TPSA) is 54.5 Å². The Morgan fingerprint density at radius 2 is 1.72 bits per heavy atom. The van der Waals surface area contributed by atoms with Crippen molar-refractivity contribution in [2.45, 2.75) is 0 Å². The van der Waals surface area contributed by atoms with Gasteiger partial charge in [-0.25, -0.2) is 0 Å². The molecule has 2 aromatic carbocycles. The van der Waals surface area contributed by atoms with Crippen molar-refractivity contribution in [2.24, 2.45) is 0 Å². The van der Waals surface area contributed by atoms with E-state index in [4.69, 9.17) is 4.74 Å². The van der Waals surface area contributed by atoms with Gasteiger partial charge in [-0.05, 0) is 42.5 Å². The average molecular weight is 333 g/mol. The van der Waals surface area contributed by atoms with Gasteiger partial charge in [0.2, 0.25) is 0 Å². The van der Waals surface area contributed by atoms with Crippen molar-refractivity contribution in [3.63, 3.8) is 0 Å². The van der Waals surface area contributed by atoms with Gasteiger partial charge in [0, 0.05) is 24.6 Å². The van der Waals surface area contributed by atoms with Crippen LogP contribution in [0.4, 0.5) is 17.1 Å². The summed E-state index contributed by atoms with van der Waals surface area (Å²) in [5.41, 5.74) is 2.99. The van der Waals surface area contributed by atoms with Crippen molar-refractivity contribution in [1.82, 2.24) is 4.98 Å². The standard InChI is InChI=1S/C20H19N3O2/c1-23(18-6-4-3-5-7-18)20(24)15-12-17(14-21-13-15)22-16-8-10-19(25-2)11-9-16/h3-14,22H,1-2H3. The summed E-state index contributed by atoms with van der Waals surface area (Å²) in [6.07, 6.45) is 3.25. The number of rotatable bonds is 5. The molecule has 0 spiro atoms. The minimum Gasteiger partial charge on any atom is -0.497 e. The van der Waals surface area contributed by atoms with Gasteiger partial charge in [0.25, 0.3) is 5.91 Å². The third kappa shape index (κ3) is 3.95. The van der Waals surface area contributed by atoms with Gasteiger partial charge in [-0.3, -0.25) is 9.78 Å². The highest BCUT2D eigenvalue weighted by Crippen LogP contribution is 2.21. The lowest BCUT2D eigenvalue weighted by molar-refractivity contribution is 0.0992. The largest absolute Gasteiger partial charge is 0.497 e. The number of hydrogen-bond acceptors (Lipinski definition) is 4. The minimum atomic E-state index is -0.114. The van der Waals surface area contributed by atoms with Gasteiger partial charge in [0.1, 0.15) is 5.75 Å². The lowest BCUT2D eigenvalue weighted by atomic mass is 10.2. The lowest BCUT2D eigenvalue weighted by Gasteiger charge is -2.17. The molecule has 0 saturated carbocycles. The number of para-hydroxylation sites is 1. The Kier molecular flexibility index (Phi) is 4.95. The van der Waals surface area contributed by atoms with Crippen molar-refractivity contribution in [3.8, 4) is 5.75 Å². The zero-order chi connectivity index (χ0) is 17.6. The van der Waals surface area contributed by atoms with E-state index in [1.807, 2.05) is 54.6 Å². The number of hydrogen-bond donors (Lipinski definition) is 1. The van der Waals surface area contributed by atoms with Crippen LogP contribution in [0, 0.1) is 0 Å². The summed E-state index contributed by atoms with van der Waals surface area (Å²) in [7, 11) is 3.38. The van der Waals surface area contributed by atoms with Gasteiger partial charge in [0.05, 0.1) is 24.6 Å². The zero-order valence-electron chi connectivity index (χ0n) is 14.1. The molecule has 0 radical (unpaired) electrons. The average Bonchev–Trinajstić information content (AvgIpc) is 2.68. The molecule has 3 rings (SSSR count). The van der Waals surface area contributed by atoms with E-state index in [-0.39, 0.29) is 5.91 Å². The van der Waals surface area contributed by atoms with Crippen LogP contribution in [-0.2, 0) is 0 Å². The zero-order valence-corrected chi connectivity index (χ0v) is 14.1. The summed E-state index contributed by atoms with van der Waals surface area (Å²) in [5.74, 6) is 0.675. The maximum absolute atomic E-state index is 12.7. The van der Waals surface area contributed by atoms with Crippen LogP contribution >= 0.6 is 0 Å². The molecule has 0 aliphatic carbocycles. The predicted molar refractivity (Wildman–Crippen MR) is 99.7 cm³/mol. The molecule has 1 amide bonds. The second-order valence-corrected chi connectivity index (χ2v) is 5.52. The van der Waals surface area contributed by atoms with Crippen molar-refractivity contribution < 1.29 is 9.53 Å². The Balaban J connectivity index is 1.77. The molecular formula is C20H19N3O2. The van der Waals surface area contributed by atoms with E-state index < -0.39 is 0 Å². The molecule has 0 atom stereocenters. The van der Waals surface area contributed by atoms with Crippen LogP contribution in [-0.4, -0.2) is 25.0 Å². The fourth-order valence-electron chi connectivity index (χ4n) is 2.43. The molecule has 25 heavy (non-hydrogen) atoms. The van der Waals surface area contributed by atoms with Crippen molar-refractivity contribution in [1.29, 1.82) is 0 Å². The Morgan fingerprint density at radius 3 is 2.40 bits per heavy atom. The summed E-state index contributed by atoms with van der Waals surface area (Å²) in [6, 6.07) is 18.9. The van der Waals surface area contributed by atoms with E-state index in [2.05, 4.69) is 10.3 Å². The first-order valence-electron chi connectivity index (χ1n) is 7.86. The maximum atomic E-state index is 12.7. The summed E-state index contributed by atoms with van der Waals surface area (Å²) in [6.45, 7) is 0. The third-order valence-corrected chi connectivity index (χ3v) is 3.81. The molecule has 5 heteroatoms. The van der Waals surface area contributed by atoms with E-state index in [1.165, 1.54) is 0 Å². The summed E-state index contributed by atoms with van der Waals surface area (Å²) in [5, 5.41) is 3.24. The molecule has 0 bridgehead atoms. The number of ether oxygens (including phenoxy) is 1. The molecule has 1 heterocycles. The lowest BCUT2D eigenvalue weighted by Crippen LogP contribution is -2.26. The van der Waals surface area contributed by atoms with Crippen LogP contribution in [0.5, 0.6) is 5.75 Å². The molecule has 0 fully saturated rings. The first kappa shape index (κ1) is 16.5. The second kappa shape index (κ2) is 7.49. The number of carbonyl (C=O) groups is 1. The fraction of sp³-hybridized carbons (Fsp3) is 0.100. The van der Waals surface area contributed by atoms with Gasteiger partial charge in [0.15, 0.2) is 0 Å². The normalized spacial score (nSPS) is 10.2. The Labute approximate surface area is 146 Å². The number of anilines is 3. The second-order valence-electron chi connectivity index (χ2n) is 5.52. The molecule has 1 N–H and O–H groups in total. The monoisotopic (exact) mass is 333 g/mol. The first-order chi connectivity index (χ1) is 12.2. The SMILES string of the molecule is COc1ccc(Nc2cncc(C(=O)N(C)c3ccccc3)c2)cc1. The van der Waals surface area contributed by atoms with Gasteiger partial charge in [-0.2, -0.15) is 0 Å². The number of amides is 1. The quantitative estimate of drug-likeness (QED) is 0.763. The van der Waals surface area contributed by atoms with Gasteiger partial charge in [-0.15, -0.1) is 0 Å². The van der Waals surface area contributed by atoms with Gasteiger partial charge >= 0.3 is 0 Å². The number of nitrogens with zero attached hydrogens (tertiary/aromatic N) is 2. The Hall–Kier alpha value is -3.34.